The second kappa shape index (κ2) is 11.2. The minimum Gasteiger partial charge on any atom is -0.290 e. The van der Waals surface area contributed by atoms with Gasteiger partial charge in [0.05, 0.1) is 17.9 Å². The standard InChI is InChI=1S/C25H30ClN7O/c1-3-5-7-12-22-23(26)32(15-6-4-2)25(34)33(22)17-18-13-14-21(27-16-18)19-10-8-9-11-20(19)24-28-30-31-29-24/h8-11,13-14,16H,3-7,12,15,17H2,1-2H3,(H,28,29,30,31). The van der Waals surface area contributed by atoms with Gasteiger partial charge in [-0.3, -0.25) is 14.1 Å². The van der Waals surface area contributed by atoms with Gasteiger partial charge in [0.1, 0.15) is 5.15 Å². The van der Waals surface area contributed by atoms with Crippen LogP contribution in [0.4, 0.5) is 0 Å². The van der Waals surface area contributed by atoms with E-state index in [1.807, 2.05) is 47.2 Å². The van der Waals surface area contributed by atoms with Crippen molar-refractivity contribution < 1.29 is 0 Å². The molecule has 0 saturated carbocycles. The molecule has 1 aromatic carbocycles. The molecule has 0 aliphatic rings. The van der Waals surface area contributed by atoms with Crippen LogP contribution in [0.2, 0.25) is 5.15 Å². The summed E-state index contributed by atoms with van der Waals surface area (Å²) in [6.45, 7) is 5.37. The Hall–Kier alpha value is -3.26. The van der Waals surface area contributed by atoms with Crippen LogP contribution in [0.5, 0.6) is 0 Å². The van der Waals surface area contributed by atoms with Gasteiger partial charge in [0, 0.05) is 23.9 Å². The summed E-state index contributed by atoms with van der Waals surface area (Å²) >= 11 is 6.69. The van der Waals surface area contributed by atoms with Crippen molar-refractivity contribution in [3.8, 4) is 22.6 Å². The minimum absolute atomic E-state index is 0.0449. The van der Waals surface area contributed by atoms with Gasteiger partial charge in [-0.15, -0.1) is 10.2 Å². The molecule has 8 nitrogen and oxygen atoms in total. The predicted octanol–water partition coefficient (Wildman–Crippen LogP) is 5.13. The third kappa shape index (κ3) is 5.12. The number of tetrazole rings is 1. The maximum atomic E-state index is 13.2. The van der Waals surface area contributed by atoms with E-state index in [9.17, 15) is 4.79 Å². The number of unbranched alkanes of at least 4 members (excludes halogenated alkanes) is 3. The number of halogens is 1. The number of nitrogens with zero attached hydrogens (tertiary/aromatic N) is 6. The third-order valence-corrected chi connectivity index (χ3v) is 6.39. The molecule has 34 heavy (non-hydrogen) atoms. The average molecular weight is 480 g/mol. The molecule has 0 radical (unpaired) electrons. The SMILES string of the molecule is CCCCCc1c(Cl)n(CCCC)c(=O)n1Cc1ccc(-c2ccccc2-c2nn[nH]n2)nc1. The van der Waals surface area contributed by atoms with E-state index >= 15 is 0 Å². The van der Waals surface area contributed by atoms with E-state index in [0.717, 1.165) is 66.6 Å². The lowest BCUT2D eigenvalue weighted by Gasteiger charge is -2.09. The summed E-state index contributed by atoms with van der Waals surface area (Å²) in [6, 6.07) is 11.8. The second-order valence-electron chi connectivity index (χ2n) is 8.40. The van der Waals surface area contributed by atoms with Gasteiger partial charge in [0.15, 0.2) is 0 Å². The van der Waals surface area contributed by atoms with Crippen molar-refractivity contribution in [3.05, 3.63) is 69.5 Å². The Morgan fingerprint density at radius 2 is 1.76 bits per heavy atom. The number of benzene rings is 1. The average Bonchev–Trinajstić information content (AvgIpc) is 3.47. The molecule has 3 heterocycles. The van der Waals surface area contributed by atoms with Crippen LogP contribution in [-0.4, -0.2) is 34.7 Å². The smallest absolute Gasteiger partial charge is 0.290 e. The fourth-order valence-electron chi connectivity index (χ4n) is 4.10. The quantitative estimate of drug-likeness (QED) is 0.301. The highest BCUT2D eigenvalue weighted by Crippen LogP contribution is 2.28. The Balaban J connectivity index is 1.62. The first-order valence-electron chi connectivity index (χ1n) is 11.9. The molecule has 0 aliphatic heterocycles. The number of aromatic amines is 1. The Morgan fingerprint density at radius 1 is 0.971 bits per heavy atom. The van der Waals surface area contributed by atoms with Crippen molar-refractivity contribution in [2.45, 2.75) is 65.5 Å². The number of pyridine rings is 1. The van der Waals surface area contributed by atoms with Crippen LogP contribution in [-0.2, 0) is 19.5 Å². The van der Waals surface area contributed by atoms with Crippen molar-refractivity contribution in [1.82, 2.24) is 34.7 Å². The van der Waals surface area contributed by atoms with Gasteiger partial charge in [-0.05, 0) is 36.1 Å². The third-order valence-electron chi connectivity index (χ3n) is 5.97. The van der Waals surface area contributed by atoms with Crippen LogP contribution in [0.15, 0.2) is 47.4 Å². The van der Waals surface area contributed by atoms with Crippen LogP contribution in [0.3, 0.4) is 0 Å². The highest BCUT2D eigenvalue weighted by Gasteiger charge is 2.18. The molecule has 0 fully saturated rings. The van der Waals surface area contributed by atoms with Crippen molar-refractivity contribution >= 4 is 11.6 Å². The molecule has 0 saturated heterocycles. The summed E-state index contributed by atoms with van der Waals surface area (Å²) in [6.07, 6.45) is 7.80. The maximum absolute atomic E-state index is 13.2. The molecule has 0 spiro atoms. The highest BCUT2D eigenvalue weighted by atomic mass is 35.5. The monoisotopic (exact) mass is 479 g/mol. The number of aromatic nitrogens is 7. The van der Waals surface area contributed by atoms with Crippen LogP contribution in [0.25, 0.3) is 22.6 Å². The summed E-state index contributed by atoms with van der Waals surface area (Å²) < 4.78 is 3.53. The van der Waals surface area contributed by atoms with Gasteiger partial charge >= 0.3 is 5.69 Å². The van der Waals surface area contributed by atoms with Gasteiger partial charge in [0.2, 0.25) is 5.82 Å². The molecule has 3 aromatic heterocycles. The van der Waals surface area contributed by atoms with E-state index in [2.05, 4.69) is 39.5 Å². The Labute approximate surface area is 204 Å². The van der Waals surface area contributed by atoms with E-state index in [0.29, 0.717) is 24.1 Å². The van der Waals surface area contributed by atoms with Gasteiger partial charge in [-0.2, -0.15) is 5.21 Å². The van der Waals surface area contributed by atoms with Gasteiger partial charge < -0.3 is 0 Å². The minimum atomic E-state index is -0.0449. The molecular weight excluding hydrogens is 450 g/mol. The summed E-state index contributed by atoms with van der Waals surface area (Å²) in [5, 5.41) is 14.9. The topological polar surface area (TPSA) is 94.3 Å². The summed E-state index contributed by atoms with van der Waals surface area (Å²) in [5.41, 5.74) is 4.40. The molecule has 0 bridgehead atoms. The van der Waals surface area contributed by atoms with E-state index in [4.69, 9.17) is 11.6 Å². The first kappa shape index (κ1) is 23.9. The van der Waals surface area contributed by atoms with E-state index in [-0.39, 0.29) is 5.69 Å². The van der Waals surface area contributed by atoms with E-state index in [1.54, 1.807) is 4.57 Å². The molecule has 4 rings (SSSR count). The van der Waals surface area contributed by atoms with Gasteiger partial charge in [0.25, 0.3) is 0 Å². The molecule has 9 heteroatoms. The normalized spacial score (nSPS) is 11.3. The predicted molar refractivity (Wildman–Crippen MR) is 134 cm³/mol. The lowest BCUT2D eigenvalue weighted by atomic mass is 10.0. The lowest BCUT2D eigenvalue weighted by molar-refractivity contribution is 0.591. The molecule has 0 atom stereocenters. The zero-order valence-electron chi connectivity index (χ0n) is 19.7. The number of imidazole rings is 1. The molecule has 0 amide bonds. The molecule has 178 valence electrons. The summed E-state index contributed by atoms with van der Waals surface area (Å²) in [5.74, 6) is 0.521. The Bertz CT molecular complexity index is 1260. The summed E-state index contributed by atoms with van der Waals surface area (Å²) in [7, 11) is 0. The van der Waals surface area contributed by atoms with Gasteiger partial charge in [-0.25, -0.2) is 4.79 Å². The number of H-pyrrole nitrogens is 1. The number of nitrogens with one attached hydrogen (secondary N) is 1. The van der Waals surface area contributed by atoms with E-state index < -0.39 is 0 Å². The molecular formula is C25H30ClN7O. The molecule has 0 aliphatic carbocycles. The van der Waals surface area contributed by atoms with Crippen molar-refractivity contribution in [2.24, 2.45) is 0 Å². The molecule has 1 N–H and O–H groups in total. The van der Waals surface area contributed by atoms with Crippen LogP contribution >= 0.6 is 11.6 Å². The van der Waals surface area contributed by atoms with E-state index in [1.165, 1.54) is 0 Å². The van der Waals surface area contributed by atoms with Gasteiger partial charge in [-0.1, -0.05) is 75.0 Å². The van der Waals surface area contributed by atoms with Crippen LogP contribution in [0.1, 0.15) is 57.2 Å². The number of rotatable bonds is 11. The largest absolute Gasteiger partial charge is 0.329 e. The van der Waals surface area contributed by atoms with Crippen LogP contribution in [0, 0.1) is 0 Å². The molecule has 0 unspecified atom stereocenters. The first-order valence-corrected chi connectivity index (χ1v) is 12.3. The maximum Gasteiger partial charge on any atom is 0.329 e. The molecule has 4 aromatic rings. The van der Waals surface area contributed by atoms with Crippen molar-refractivity contribution in [1.29, 1.82) is 0 Å². The fourth-order valence-corrected chi connectivity index (χ4v) is 4.46. The zero-order chi connectivity index (χ0) is 23.9. The van der Waals surface area contributed by atoms with Crippen molar-refractivity contribution in [2.75, 3.05) is 0 Å². The van der Waals surface area contributed by atoms with Crippen LogP contribution < -0.4 is 5.69 Å². The second-order valence-corrected chi connectivity index (χ2v) is 8.76. The number of hydrogen-bond acceptors (Lipinski definition) is 5. The zero-order valence-corrected chi connectivity index (χ0v) is 20.4. The first-order chi connectivity index (χ1) is 16.6. The summed E-state index contributed by atoms with van der Waals surface area (Å²) in [4.78, 5) is 17.9. The highest BCUT2D eigenvalue weighted by molar-refractivity contribution is 6.30. The number of hydrogen-bond donors (Lipinski definition) is 1. The fraction of sp³-hybridized carbons (Fsp3) is 0.400. The lowest BCUT2D eigenvalue weighted by Crippen LogP contribution is -2.26. The Kier molecular flexibility index (Phi) is 7.90. The van der Waals surface area contributed by atoms with Crippen molar-refractivity contribution in [3.63, 3.8) is 0 Å². The Morgan fingerprint density at radius 3 is 2.44 bits per heavy atom.